The molecular formula is C16H27ClN2O3S. The first kappa shape index (κ1) is 21.7. The van der Waals surface area contributed by atoms with Gasteiger partial charge in [0.15, 0.2) is 9.84 Å². The first-order valence-corrected chi connectivity index (χ1v) is 9.46. The highest BCUT2D eigenvalue weighted by atomic mass is 35.5. The fraction of sp³-hybridized carbons (Fsp3) is 0.562. The largest absolute Gasteiger partial charge is 0.399 e. The third-order valence-corrected chi connectivity index (χ3v) is 5.66. The van der Waals surface area contributed by atoms with Crippen molar-refractivity contribution in [1.82, 2.24) is 4.90 Å². The maximum absolute atomic E-state index is 12.4. The van der Waals surface area contributed by atoms with Crippen molar-refractivity contribution in [3.8, 4) is 0 Å². The average molecular weight is 363 g/mol. The van der Waals surface area contributed by atoms with Crippen LogP contribution < -0.4 is 5.73 Å². The number of hydrogen-bond donors (Lipinski definition) is 1. The molecule has 132 valence electrons. The first-order valence-electron chi connectivity index (χ1n) is 7.64. The Kier molecular flexibility index (Phi) is 9.24. The Bertz CT molecular complexity index is 605. The molecule has 0 aliphatic rings. The van der Waals surface area contributed by atoms with Gasteiger partial charge in [0, 0.05) is 30.4 Å². The van der Waals surface area contributed by atoms with Crippen LogP contribution >= 0.6 is 12.4 Å². The minimum Gasteiger partial charge on any atom is -0.399 e. The van der Waals surface area contributed by atoms with E-state index in [-0.39, 0.29) is 35.9 Å². The third-order valence-electron chi connectivity index (χ3n) is 3.79. The molecule has 1 unspecified atom stereocenters. The van der Waals surface area contributed by atoms with Crippen molar-refractivity contribution in [3.63, 3.8) is 0 Å². The number of hydrogen-bond acceptors (Lipinski definition) is 4. The van der Waals surface area contributed by atoms with E-state index >= 15 is 0 Å². The molecule has 2 N–H and O–H groups in total. The molecule has 0 fully saturated rings. The molecule has 1 aromatic rings. The minimum absolute atomic E-state index is 0. The van der Waals surface area contributed by atoms with Gasteiger partial charge in [0.2, 0.25) is 5.91 Å². The average Bonchev–Trinajstić information content (AvgIpc) is 2.46. The van der Waals surface area contributed by atoms with Crippen molar-refractivity contribution in [2.45, 2.75) is 39.7 Å². The summed E-state index contributed by atoms with van der Waals surface area (Å²) in [5, 5.41) is 0. The summed E-state index contributed by atoms with van der Waals surface area (Å²) in [6.45, 7) is 5.77. The summed E-state index contributed by atoms with van der Waals surface area (Å²) in [6.07, 6.45) is 0.897. The van der Waals surface area contributed by atoms with Crippen molar-refractivity contribution in [2.24, 2.45) is 0 Å². The summed E-state index contributed by atoms with van der Waals surface area (Å²) >= 11 is 0. The maximum Gasteiger partial charge on any atom is 0.223 e. The van der Waals surface area contributed by atoms with Gasteiger partial charge < -0.3 is 10.6 Å². The first-order chi connectivity index (χ1) is 10.3. The lowest BCUT2D eigenvalue weighted by atomic mass is 10.1. The molecular weight excluding hydrogens is 336 g/mol. The van der Waals surface area contributed by atoms with Crippen molar-refractivity contribution < 1.29 is 13.2 Å². The fourth-order valence-corrected chi connectivity index (χ4v) is 3.61. The number of nitrogens with two attached hydrogens (primary N) is 1. The normalized spacial score (nSPS) is 12.3. The standard InChI is InChI=1S/C16H26N2O3S.ClH/c1-4-18(13(3)12-22(20,21)5-2)16(19)11-10-14-8-6-7-9-15(14)17;/h6-9,13H,4-5,10-12,17H2,1-3H3;1H. The van der Waals surface area contributed by atoms with Gasteiger partial charge in [0.1, 0.15) is 0 Å². The predicted molar refractivity (Wildman–Crippen MR) is 97.6 cm³/mol. The number of aryl methyl sites for hydroxylation is 1. The van der Waals surface area contributed by atoms with Crippen molar-refractivity contribution in [2.75, 3.05) is 23.8 Å². The highest BCUT2D eigenvalue weighted by Crippen LogP contribution is 2.14. The van der Waals surface area contributed by atoms with Gasteiger partial charge >= 0.3 is 0 Å². The molecule has 1 rings (SSSR count). The minimum atomic E-state index is -3.10. The van der Waals surface area contributed by atoms with E-state index in [9.17, 15) is 13.2 Å². The fourth-order valence-electron chi connectivity index (χ4n) is 2.46. The smallest absolute Gasteiger partial charge is 0.223 e. The Morgan fingerprint density at radius 3 is 2.39 bits per heavy atom. The van der Waals surface area contributed by atoms with Crippen LogP contribution in [0.25, 0.3) is 0 Å². The van der Waals surface area contributed by atoms with Crippen LogP contribution in [0, 0.1) is 0 Å². The number of halogens is 1. The lowest BCUT2D eigenvalue weighted by molar-refractivity contribution is -0.132. The zero-order valence-electron chi connectivity index (χ0n) is 14.0. The Hall–Kier alpha value is -1.27. The van der Waals surface area contributed by atoms with Crippen LogP contribution in [-0.4, -0.2) is 43.3 Å². The molecule has 0 saturated heterocycles. The van der Waals surface area contributed by atoms with Gasteiger partial charge in [-0.1, -0.05) is 25.1 Å². The summed E-state index contributed by atoms with van der Waals surface area (Å²) in [5.41, 5.74) is 7.50. The van der Waals surface area contributed by atoms with Gasteiger partial charge in [0.05, 0.1) is 5.75 Å². The predicted octanol–water partition coefficient (Wildman–Crippen LogP) is 2.29. The van der Waals surface area contributed by atoms with Gasteiger partial charge in [-0.2, -0.15) is 0 Å². The lowest BCUT2D eigenvalue weighted by Gasteiger charge is -2.28. The zero-order chi connectivity index (χ0) is 16.8. The van der Waals surface area contributed by atoms with E-state index in [1.807, 2.05) is 31.2 Å². The van der Waals surface area contributed by atoms with Crippen LogP contribution in [0.2, 0.25) is 0 Å². The number of amides is 1. The van der Waals surface area contributed by atoms with E-state index in [1.165, 1.54) is 0 Å². The number of nitrogens with zero attached hydrogens (tertiary/aromatic N) is 1. The quantitative estimate of drug-likeness (QED) is 0.719. The van der Waals surface area contributed by atoms with E-state index in [0.717, 1.165) is 5.56 Å². The second kappa shape index (κ2) is 9.78. The number of anilines is 1. The van der Waals surface area contributed by atoms with Crippen molar-refractivity contribution in [1.29, 1.82) is 0 Å². The van der Waals surface area contributed by atoms with Gasteiger partial charge in [-0.15, -0.1) is 12.4 Å². The molecule has 1 amide bonds. The van der Waals surface area contributed by atoms with Crippen LogP contribution in [0.3, 0.4) is 0 Å². The Balaban J connectivity index is 0.00000484. The number of nitrogen functional groups attached to an aromatic ring is 1. The zero-order valence-corrected chi connectivity index (χ0v) is 15.6. The number of carbonyl (C=O) groups excluding carboxylic acids is 1. The lowest BCUT2D eigenvalue weighted by Crippen LogP contribution is -2.42. The number of rotatable bonds is 8. The molecule has 5 nitrogen and oxygen atoms in total. The van der Waals surface area contributed by atoms with Gasteiger partial charge in [-0.3, -0.25) is 4.79 Å². The number of para-hydroxylation sites is 1. The summed E-state index contributed by atoms with van der Waals surface area (Å²) in [7, 11) is -3.10. The van der Waals surface area contributed by atoms with Crippen molar-refractivity contribution in [3.05, 3.63) is 29.8 Å². The van der Waals surface area contributed by atoms with Crippen LogP contribution in [0.15, 0.2) is 24.3 Å². The SMILES string of the molecule is CCN(C(=O)CCc1ccccc1N)C(C)CS(=O)(=O)CC.Cl. The van der Waals surface area contributed by atoms with E-state index in [4.69, 9.17) is 5.73 Å². The monoisotopic (exact) mass is 362 g/mol. The number of carbonyl (C=O) groups is 1. The molecule has 0 aliphatic carbocycles. The molecule has 0 aliphatic heterocycles. The molecule has 0 spiro atoms. The second-order valence-electron chi connectivity index (χ2n) is 5.43. The molecule has 1 aromatic carbocycles. The van der Waals surface area contributed by atoms with Crippen LogP contribution in [0.5, 0.6) is 0 Å². The molecule has 0 saturated carbocycles. The van der Waals surface area contributed by atoms with Crippen molar-refractivity contribution >= 4 is 33.8 Å². The van der Waals surface area contributed by atoms with E-state index in [1.54, 1.807) is 18.7 Å². The van der Waals surface area contributed by atoms with Gasteiger partial charge in [0.25, 0.3) is 0 Å². The molecule has 0 radical (unpaired) electrons. The van der Waals surface area contributed by atoms with Gasteiger partial charge in [-0.05, 0) is 31.9 Å². The topological polar surface area (TPSA) is 80.5 Å². The van der Waals surface area contributed by atoms with E-state index in [2.05, 4.69) is 0 Å². The van der Waals surface area contributed by atoms with E-state index in [0.29, 0.717) is 25.1 Å². The molecule has 0 heterocycles. The Morgan fingerprint density at radius 1 is 1.26 bits per heavy atom. The highest BCUT2D eigenvalue weighted by Gasteiger charge is 2.23. The second-order valence-corrected chi connectivity index (χ2v) is 7.82. The Labute approximate surface area is 145 Å². The third kappa shape index (κ3) is 6.79. The summed E-state index contributed by atoms with van der Waals surface area (Å²) in [4.78, 5) is 14.0. The van der Waals surface area contributed by atoms with Crippen LogP contribution in [-0.2, 0) is 21.1 Å². The molecule has 0 bridgehead atoms. The molecule has 7 heteroatoms. The van der Waals surface area contributed by atoms with Gasteiger partial charge in [-0.25, -0.2) is 8.42 Å². The number of benzene rings is 1. The molecule has 23 heavy (non-hydrogen) atoms. The summed E-state index contributed by atoms with van der Waals surface area (Å²) in [6, 6.07) is 7.16. The summed E-state index contributed by atoms with van der Waals surface area (Å²) < 4.78 is 23.4. The van der Waals surface area contributed by atoms with E-state index < -0.39 is 9.84 Å². The molecule has 0 aromatic heterocycles. The number of sulfone groups is 1. The highest BCUT2D eigenvalue weighted by molar-refractivity contribution is 7.91. The van der Waals surface area contributed by atoms with Crippen LogP contribution in [0.1, 0.15) is 32.8 Å². The van der Waals surface area contributed by atoms with Crippen LogP contribution in [0.4, 0.5) is 5.69 Å². The maximum atomic E-state index is 12.4. The Morgan fingerprint density at radius 2 is 1.87 bits per heavy atom. The summed E-state index contributed by atoms with van der Waals surface area (Å²) in [5.74, 6) is 0.0739. The molecule has 1 atom stereocenters.